The first-order valence-corrected chi connectivity index (χ1v) is 6.63. The van der Waals surface area contributed by atoms with Gasteiger partial charge >= 0.3 is 0 Å². The highest BCUT2D eigenvalue weighted by molar-refractivity contribution is 5.93. The summed E-state index contributed by atoms with van der Waals surface area (Å²) in [7, 11) is 0. The van der Waals surface area contributed by atoms with Crippen molar-refractivity contribution in [2.24, 2.45) is 11.7 Å². The summed E-state index contributed by atoms with van der Waals surface area (Å²) in [5.41, 5.74) is 5.96. The largest absolute Gasteiger partial charge is 0.382 e. The molecule has 1 aromatic heterocycles. The van der Waals surface area contributed by atoms with Gasteiger partial charge in [0, 0.05) is 19.3 Å². The molecule has 1 aliphatic rings. The summed E-state index contributed by atoms with van der Waals surface area (Å²) in [5, 5.41) is 7.40. The summed E-state index contributed by atoms with van der Waals surface area (Å²) in [6, 6.07) is 1.68. The lowest BCUT2D eigenvalue weighted by Crippen LogP contribution is -2.35. The molecule has 0 spiro atoms. The van der Waals surface area contributed by atoms with Gasteiger partial charge in [0.25, 0.3) is 0 Å². The van der Waals surface area contributed by atoms with Crippen LogP contribution in [0, 0.1) is 11.3 Å². The van der Waals surface area contributed by atoms with Crippen molar-refractivity contribution in [1.82, 2.24) is 9.97 Å². The van der Waals surface area contributed by atoms with E-state index in [1.54, 1.807) is 12.3 Å². The van der Waals surface area contributed by atoms with Crippen molar-refractivity contribution < 1.29 is 0 Å². The van der Waals surface area contributed by atoms with E-state index in [9.17, 15) is 0 Å². The van der Waals surface area contributed by atoms with Crippen LogP contribution in [0.25, 0.3) is 0 Å². The molecule has 5 nitrogen and oxygen atoms in total. The average molecular weight is 247 g/mol. The highest BCUT2D eigenvalue weighted by atomic mass is 15.3. The molecule has 0 radical (unpaired) electrons. The van der Waals surface area contributed by atoms with E-state index in [1.807, 2.05) is 0 Å². The molecule has 0 aromatic carbocycles. The maximum atomic E-state index is 7.40. The Morgan fingerprint density at radius 3 is 2.83 bits per heavy atom. The van der Waals surface area contributed by atoms with Crippen molar-refractivity contribution >= 4 is 11.8 Å². The number of hydrogen-bond acceptors (Lipinski definition) is 4. The van der Waals surface area contributed by atoms with Gasteiger partial charge in [-0.15, -0.1) is 0 Å². The van der Waals surface area contributed by atoms with Crippen LogP contribution in [0.2, 0.25) is 0 Å². The van der Waals surface area contributed by atoms with Gasteiger partial charge in [-0.3, -0.25) is 5.41 Å². The number of nitrogen functional groups attached to an aromatic ring is 1. The minimum atomic E-state index is -0.000445. The van der Waals surface area contributed by atoms with Crippen molar-refractivity contribution in [2.75, 3.05) is 18.0 Å². The van der Waals surface area contributed by atoms with Crippen LogP contribution < -0.4 is 10.6 Å². The summed E-state index contributed by atoms with van der Waals surface area (Å²) < 4.78 is 0. The van der Waals surface area contributed by atoms with Crippen molar-refractivity contribution in [2.45, 2.75) is 32.6 Å². The second-order valence-corrected chi connectivity index (χ2v) is 4.87. The average Bonchev–Trinajstić information content (AvgIpc) is 2.40. The highest BCUT2D eigenvalue weighted by Crippen LogP contribution is 2.23. The molecule has 0 bridgehead atoms. The molecule has 0 saturated carbocycles. The Bertz CT molecular complexity index is 410. The zero-order chi connectivity index (χ0) is 13.0. The Morgan fingerprint density at radius 2 is 2.22 bits per heavy atom. The Balaban J connectivity index is 2.01. The normalized spacial score (nSPS) is 16.8. The van der Waals surface area contributed by atoms with E-state index in [-0.39, 0.29) is 5.84 Å². The molecule has 1 saturated heterocycles. The molecular weight excluding hydrogens is 226 g/mol. The number of nitrogens with one attached hydrogen (secondary N) is 1. The van der Waals surface area contributed by atoms with Crippen LogP contribution in [0.4, 0.5) is 5.95 Å². The molecule has 3 N–H and O–H groups in total. The number of anilines is 1. The Morgan fingerprint density at radius 1 is 1.50 bits per heavy atom. The number of nitrogens with two attached hydrogens (primary N) is 1. The minimum absolute atomic E-state index is 0.000445. The van der Waals surface area contributed by atoms with Gasteiger partial charge in [-0.25, -0.2) is 9.97 Å². The fourth-order valence-corrected chi connectivity index (χ4v) is 2.48. The lowest BCUT2D eigenvalue weighted by Gasteiger charge is -2.31. The van der Waals surface area contributed by atoms with Gasteiger partial charge < -0.3 is 10.6 Å². The predicted octanol–water partition coefficient (Wildman–Crippen LogP) is 1.78. The van der Waals surface area contributed by atoms with Crippen molar-refractivity contribution in [3.8, 4) is 0 Å². The quantitative estimate of drug-likeness (QED) is 0.628. The van der Waals surface area contributed by atoms with E-state index in [4.69, 9.17) is 11.1 Å². The van der Waals surface area contributed by atoms with Gasteiger partial charge in [-0.2, -0.15) is 0 Å². The molecule has 1 aromatic rings. The highest BCUT2D eigenvalue weighted by Gasteiger charge is 2.20. The lowest BCUT2D eigenvalue weighted by atomic mass is 9.93. The SMILES string of the molecule is CCCC1CCN(c2nccc(C(=N)N)n2)CC1. The molecule has 0 atom stereocenters. The summed E-state index contributed by atoms with van der Waals surface area (Å²) in [6.07, 6.45) is 6.68. The van der Waals surface area contributed by atoms with Crippen molar-refractivity contribution in [1.29, 1.82) is 5.41 Å². The van der Waals surface area contributed by atoms with Crippen LogP contribution in [0.1, 0.15) is 38.3 Å². The van der Waals surface area contributed by atoms with Crippen molar-refractivity contribution in [3.05, 3.63) is 18.0 Å². The summed E-state index contributed by atoms with van der Waals surface area (Å²) >= 11 is 0. The van der Waals surface area contributed by atoms with Crippen molar-refractivity contribution in [3.63, 3.8) is 0 Å². The van der Waals surface area contributed by atoms with Crippen LogP contribution in [0.15, 0.2) is 12.3 Å². The number of nitrogens with zero attached hydrogens (tertiary/aromatic N) is 3. The van der Waals surface area contributed by atoms with Crippen LogP contribution in [0.5, 0.6) is 0 Å². The molecule has 98 valence electrons. The monoisotopic (exact) mass is 247 g/mol. The number of aromatic nitrogens is 2. The van der Waals surface area contributed by atoms with E-state index < -0.39 is 0 Å². The Hall–Kier alpha value is -1.65. The number of piperidine rings is 1. The van der Waals surface area contributed by atoms with E-state index in [2.05, 4.69) is 21.8 Å². The third kappa shape index (κ3) is 2.97. The molecule has 0 aliphatic carbocycles. The maximum absolute atomic E-state index is 7.40. The molecule has 2 heterocycles. The molecule has 2 rings (SSSR count). The molecule has 18 heavy (non-hydrogen) atoms. The smallest absolute Gasteiger partial charge is 0.225 e. The molecule has 0 unspecified atom stereocenters. The third-order valence-corrected chi connectivity index (χ3v) is 3.51. The molecule has 5 heteroatoms. The van der Waals surface area contributed by atoms with Crippen LogP contribution in [0.3, 0.4) is 0 Å². The molecule has 1 fully saturated rings. The number of hydrogen-bond donors (Lipinski definition) is 2. The van der Waals surface area contributed by atoms with Gasteiger partial charge in [-0.05, 0) is 24.8 Å². The Kier molecular flexibility index (Phi) is 4.12. The minimum Gasteiger partial charge on any atom is -0.382 e. The van der Waals surface area contributed by atoms with Gasteiger partial charge in [0.2, 0.25) is 5.95 Å². The third-order valence-electron chi connectivity index (χ3n) is 3.51. The van der Waals surface area contributed by atoms with Gasteiger partial charge in [0.1, 0.15) is 11.5 Å². The fraction of sp³-hybridized carbons (Fsp3) is 0.615. The van der Waals surface area contributed by atoms with E-state index in [0.29, 0.717) is 11.6 Å². The van der Waals surface area contributed by atoms with Crippen LogP contribution in [-0.4, -0.2) is 28.9 Å². The summed E-state index contributed by atoms with van der Waals surface area (Å²) in [4.78, 5) is 10.8. The fourth-order valence-electron chi connectivity index (χ4n) is 2.48. The first-order valence-electron chi connectivity index (χ1n) is 6.63. The van der Waals surface area contributed by atoms with Gasteiger partial charge in [0.15, 0.2) is 0 Å². The zero-order valence-corrected chi connectivity index (χ0v) is 10.9. The number of amidine groups is 1. The van der Waals surface area contributed by atoms with E-state index >= 15 is 0 Å². The first kappa shape index (κ1) is 12.8. The first-order chi connectivity index (χ1) is 8.70. The van der Waals surface area contributed by atoms with E-state index in [0.717, 1.165) is 19.0 Å². The van der Waals surface area contributed by atoms with E-state index in [1.165, 1.54) is 25.7 Å². The van der Waals surface area contributed by atoms with Crippen LogP contribution >= 0.6 is 0 Å². The standard InChI is InChI=1S/C13H21N5/c1-2-3-10-5-8-18(9-6-10)13-16-7-4-11(17-13)12(14)15/h4,7,10H,2-3,5-6,8-9H2,1H3,(H3,14,15). The Labute approximate surface area is 108 Å². The number of rotatable bonds is 4. The maximum Gasteiger partial charge on any atom is 0.225 e. The molecule has 0 amide bonds. The second kappa shape index (κ2) is 5.80. The van der Waals surface area contributed by atoms with Gasteiger partial charge in [-0.1, -0.05) is 19.8 Å². The topological polar surface area (TPSA) is 78.9 Å². The molecule has 1 aliphatic heterocycles. The summed E-state index contributed by atoms with van der Waals surface area (Å²) in [5.74, 6) is 1.56. The predicted molar refractivity (Wildman–Crippen MR) is 72.9 cm³/mol. The zero-order valence-electron chi connectivity index (χ0n) is 10.9. The lowest BCUT2D eigenvalue weighted by molar-refractivity contribution is 0.376. The van der Waals surface area contributed by atoms with Gasteiger partial charge in [0.05, 0.1) is 0 Å². The van der Waals surface area contributed by atoms with Crippen LogP contribution in [-0.2, 0) is 0 Å². The molecular formula is C13H21N5. The summed E-state index contributed by atoms with van der Waals surface area (Å²) in [6.45, 7) is 4.25. The second-order valence-electron chi connectivity index (χ2n) is 4.87.